The van der Waals surface area contributed by atoms with Crippen LogP contribution in [-0.4, -0.2) is 16.5 Å². The molecule has 0 unspecified atom stereocenters. The number of hydrogen-bond acceptors (Lipinski definition) is 4. The highest BCUT2D eigenvalue weighted by Gasteiger charge is 2.33. The smallest absolute Gasteiger partial charge is 0.370 e. The Balaban J connectivity index is 2.02. The first-order valence-electron chi connectivity index (χ1n) is 5.32. The fourth-order valence-corrected chi connectivity index (χ4v) is 2.31. The van der Waals surface area contributed by atoms with E-state index in [1.807, 2.05) is 16.8 Å². The summed E-state index contributed by atoms with van der Waals surface area (Å²) in [6.45, 7) is 0.474. The van der Waals surface area contributed by atoms with Gasteiger partial charge in [0, 0.05) is 12.6 Å². The Kier molecular flexibility index (Phi) is 4.26. The van der Waals surface area contributed by atoms with E-state index < -0.39 is 17.2 Å². The van der Waals surface area contributed by atoms with Crippen molar-refractivity contribution >= 4 is 28.8 Å². The molecule has 0 amide bonds. The van der Waals surface area contributed by atoms with Gasteiger partial charge in [-0.1, -0.05) is 0 Å². The number of aromatic nitrogens is 2. The summed E-state index contributed by atoms with van der Waals surface area (Å²) >= 11 is 7.04. The van der Waals surface area contributed by atoms with Crippen LogP contribution in [0.2, 0.25) is 5.28 Å². The van der Waals surface area contributed by atoms with Crippen molar-refractivity contribution < 1.29 is 13.2 Å². The number of halogens is 4. The molecular weight excluding hydrogens is 299 g/mol. The number of rotatable bonds is 4. The van der Waals surface area contributed by atoms with E-state index in [0.717, 1.165) is 11.6 Å². The molecular formula is C11H9ClF3N3S. The van der Waals surface area contributed by atoms with Gasteiger partial charge in [-0.2, -0.15) is 24.5 Å². The predicted octanol–water partition coefficient (Wildman–Crippen LogP) is 3.86. The van der Waals surface area contributed by atoms with Gasteiger partial charge in [0.15, 0.2) is 5.69 Å². The van der Waals surface area contributed by atoms with Crippen molar-refractivity contribution in [3.8, 4) is 0 Å². The highest BCUT2D eigenvalue weighted by atomic mass is 35.5. The lowest BCUT2D eigenvalue weighted by Crippen LogP contribution is -2.12. The third kappa shape index (κ3) is 4.07. The molecule has 2 heterocycles. The predicted molar refractivity (Wildman–Crippen MR) is 68.6 cm³/mol. The van der Waals surface area contributed by atoms with E-state index in [4.69, 9.17) is 11.6 Å². The van der Waals surface area contributed by atoms with Gasteiger partial charge in [-0.25, -0.2) is 9.97 Å². The molecule has 102 valence electrons. The van der Waals surface area contributed by atoms with Crippen LogP contribution in [-0.2, 0) is 12.6 Å². The summed E-state index contributed by atoms with van der Waals surface area (Å²) in [5.41, 5.74) is 0.0687. The molecule has 0 spiro atoms. The van der Waals surface area contributed by atoms with Crippen LogP contribution >= 0.6 is 22.9 Å². The molecule has 0 aromatic carbocycles. The maximum atomic E-state index is 12.5. The molecule has 0 bridgehead atoms. The minimum atomic E-state index is -4.53. The zero-order valence-electron chi connectivity index (χ0n) is 9.54. The third-order valence-corrected chi connectivity index (χ3v) is 3.19. The Morgan fingerprint density at radius 2 is 2.11 bits per heavy atom. The average molecular weight is 308 g/mol. The second kappa shape index (κ2) is 5.75. The van der Waals surface area contributed by atoms with Crippen molar-refractivity contribution in [3.63, 3.8) is 0 Å². The average Bonchev–Trinajstić information content (AvgIpc) is 2.80. The SMILES string of the molecule is FC(F)(F)c1cc(NCCc2ccsc2)nc(Cl)n1. The number of alkyl halides is 3. The van der Waals surface area contributed by atoms with Crippen molar-refractivity contribution in [3.05, 3.63) is 39.4 Å². The van der Waals surface area contributed by atoms with E-state index in [0.29, 0.717) is 13.0 Å². The molecule has 0 radical (unpaired) electrons. The largest absolute Gasteiger partial charge is 0.433 e. The standard InChI is InChI=1S/C11H9ClF3N3S/c12-10-17-8(11(13,14)15)5-9(18-10)16-3-1-7-2-4-19-6-7/h2,4-6H,1,3H2,(H,16,17,18). The van der Waals surface area contributed by atoms with Crippen molar-refractivity contribution in [2.45, 2.75) is 12.6 Å². The normalized spacial score (nSPS) is 11.6. The van der Waals surface area contributed by atoms with Crippen LogP contribution in [0.3, 0.4) is 0 Å². The first-order chi connectivity index (χ1) is 8.95. The van der Waals surface area contributed by atoms with Crippen molar-refractivity contribution in [1.29, 1.82) is 0 Å². The molecule has 0 aliphatic rings. The third-order valence-electron chi connectivity index (χ3n) is 2.29. The number of hydrogen-bond donors (Lipinski definition) is 1. The Morgan fingerprint density at radius 3 is 2.74 bits per heavy atom. The molecule has 0 fully saturated rings. The van der Waals surface area contributed by atoms with Crippen LogP contribution < -0.4 is 5.32 Å². The van der Waals surface area contributed by atoms with Gasteiger partial charge in [-0.15, -0.1) is 0 Å². The van der Waals surface area contributed by atoms with E-state index in [9.17, 15) is 13.2 Å². The van der Waals surface area contributed by atoms with Crippen molar-refractivity contribution in [2.75, 3.05) is 11.9 Å². The first kappa shape index (κ1) is 14.1. The molecule has 2 aromatic rings. The summed E-state index contributed by atoms with van der Waals surface area (Å²) in [6.07, 6.45) is -3.83. The fraction of sp³-hybridized carbons (Fsp3) is 0.273. The summed E-state index contributed by atoms with van der Waals surface area (Å²) in [4.78, 5) is 6.87. The zero-order valence-corrected chi connectivity index (χ0v) is 11.1. The Bertz CT molecular complexity index is 543. The van der Waals surface area contributed by atoms with E-state index in [1.54, 1.807) is 11.3 Å². The lowest BCUT2D eigenvalue weighted by atomic mass is 10.2. The molecule has 0 saturated heterocycles. The molecule has 0 atom stereocenters. The number of nitrogens with one attached hydrogen (secondary N) is 1. The molecule has 2 aromatic heterocycles. The molecule has 0 saturated carbocycles. The maximum Gasteiger partial charge on any atom is 0.433 e. The summed E-state index contributed by atoms with van der Waals surface area (Å²) in [5, 5.41) is 6.31. The van der Waals surface area contributed by atoms with Gasteiger partial charge >= 0.3 is 6.18 Å². The zero-order chi connectivity index (χ0) is 13.9. The summed E-state index contributed by atoms with van der Waals surface area (Å²) < 4.78 is 37.6. The van der Waals surface area contributed by atoms with Gasteiger partial charge < -0.3 is 5.32 Å². The maximum absolute atomic E-state index is 12.5. The number of nitrogens with zero attached hydrogens (tertiary/aromatic N) is 2. The van der Waals surface area contributed by atoms with Crippen LogP contribution in [0.5, 0.6) is 0 Å². The Hall–Kier alpha value is -1.34. The van der Waals surface area contributed by atoms with Gasteiger partial charge in [-0.3, -0.25) is 0 Å². The molecule has 3 nitrogen and oxygen atoms in total. The molecule has 8 heteroatoms. The van der Waals surface area contributed by atoms with Crippen LogP contribution in [0.1, 0.15) is 11.3 Å². The summed E-state index contributed by atoms with van der Waals surface area (Å²) in [5.74, 6) is 0.0718. The van der Waals surface area contributed by atoms with Gasteiger partial charge in [0.1, 0.15) is 5.82 Å². The van der Waals surface area contributed by atoms with Crippen molar-refractivity contribution in [2.24, 2.45) is 0 Å². The molecule has 2 rings (SSSR count). The molecule has 1 N–H and O–H groups in total. The monoisotopic (exact) mass is 307 g/mol. The van der Waals surface area contributed by atoms with Crippen LogP contribution in [0.25, 0.3) is 0 Å². The Labute approximate surface area is 116 Å². The molecule has 19 heavy (non-hydrogen) atoms. The lowest BCUT2D eigenvalue weighted by molar-refractivity contribution is -0.141. The fourth-order valence-electron chi connectivity index (χ4n) is 1.42. The summed E-state index contributed by atoms with van der Waals surface area (Å²) in [7, 11) is 0. The number of thiophene rings is 1. The lowest BCUT2D eigenvalue weighted by Gasteiger charge is -2.09. The minimum absolute atomic E-state index is 0.0718. The quantitative estimate of drug-likeness (QED) is 0.872. The molecule has 0 aliphatic heterocycles. The van der Waals surface area contributed by atoms with E-state index in [2.05, 4.69) is 15.3 Å². The second-order valence-corrected chi connectivity index (χ2v) is 4.83. The van der Waals surface area contributed by atoms with E-state index in [-0.39, 0.29) is 5.82 Å². The van der Waals surface area contributed by atoms with Crippen molar-refractivity contribution in [1.82, 2.24) is 9.97 Å². The topological polar surface area (TPSA) is 37.8 Å². The highest BCUT2D eigenvalue weighted by Crippen LogP contribution is 2.29. The number of anilines is 1. The second-order valence-electron chi connectivity index (χ2n) is 3.71. The van der Waals surface area contributed by atoms with Gasteiger partial charge in [-0.05, 0) is 40.4 Å². The summed E-state index contributed by atoms with van der Waals surface area (Å²) in [6, 6.07) is 2.81. The van der Waals surface area contributed by atoms with Crippen LogP contribution in [0.15, 0.2) is 22.9 Å². The molecule has 0 aliphatic carbocycles. The van der Waals surface area contributed by atoms with Gasteiger partial charge in [0.05, 0.1) is 0 Å². The minimum Gasteiger partial charge on any atom is -0.370 e. The van der Waals surface area contributed by atoms with E-state index in [1.165, 1.54) is 0 Å². The van der Waals surface area contributed by atoms with Gasteiger partial charge in [0.25, 0.3) is 0 Å². The van der Waals surface area contributed by atoms with Gasteiger partial charge in [0.2, 0.25) is 5.28 Å². The first-order valence-corrected chi connectivity index (χ1v) is 6.64. The Morgan fingerprint density at radius 1 is 1.32 bits per heavy atom. The van der Waals surface area contributed by atoms with Crippen LogP contribution in [0.4, 0.5) is 19.0 Å². The van der Waals surface area contributed by atoms with Crippen LogP contribution in [0, 0.1) is 0 Å². The highest BCUT2D eigenvalue weighted by molar-refractivity contribution is 7.07. The van der Waals surface area contributed by atoms with E-state index >= 15 is 0 Å².